The summed E-state index contributed by atoms with van der Waals surface area (Å²) in [5.41, 5.74) is 0. The fraction of sp³-hybridized carbons (Fsp3) is 0.964. The second-order valence-corrected chi connectivity index (χ2v) is 9.70. The Morgan fingerprint density at radius 2 is 1.18 bits per heavy atom. The number of hydrogen-bond donors (Lipinski definition) is 2. The molecule has 1 atom stereocenters. The van der Waals surface area contributed by atoms with Gasteiger partial charge in [0.25, 0.3) is 0 Å². The lowest BCUT2D eigenvalue weighted by molar-refractivity contribution is -0.133. The van der Waals surface area contributed by atoms with Crippen molar-refractivity contribution in [3.05, 3.63) is 0 Å². The number of unbranched alkanes of at least 4 members (excludes halogenated alkanes) is 16. The van der Waals surface area contributed by atoms with Crippen LogP contribution in [0, 0.1) is 0 Å². The van der Waals surface area contributed by atoms with E-state index in [0.29, 0.717) is 13.0 Å². The van der Waals surface area contributed by atoms with Crippen LogP contribution in [0.2, 0.25) is 0 Å². The maximum absolute atomic E-state index is 12.1. The molecule has 0 saturated carbocycles. The quantitative estimate of drug-likeness (QED) is 0.139. The summed E-state index contributed by atoms with van der Waals surface area (Å²) in [6.07, 6.45) is 23.2. The van der Waals surface area contributed by atoms with Crippen molar-refractivity contribution < 1.29 is 19.7 Å². The molecule has 0 aliphatic rings. The summed E-state index contributed by atoms with van der Waals surface area (Å²) in [6.45, 7) is 5.68. The smallest absolute Gasteiger partial charge is 0.222 e. The topological polar surface area (TPSA) is 70.0 Å². The Balaban J connectivity index is 3.43. The van der Waals surface area contributed by atoms with E-state index in [-0.39, 0.29) is 32.2 Å². The number of aliphatic hydroxyl groups excluding tert-OH is 2. The summed E-state index contributed by atoms with van der Waals surface area (Å²) in [4.78, 5) is 13.7. The van der Waals surface area contributed by atoms with Crippen molar-refractivity contribution in [2.45, 2.75) is 142 Å². The molecule has 0 aliphatic carbocycles. The number of carbonyl (C=O) groups is 1. The molecule has 198 valence electrons. The Bertz CT molecular complexity index is 405. The predicted octanol–water partition coefficient (Wildman–Crippen LogP) is 6.64. The SMILES string of the molecule is CCCCCCCCCCCCCCCCCCOCC(O)CN(CCO)C(=O)CCCC. The van der Waals surface area contributed by atoms with E-state index in [1.165, 1.54) is 96.3 Å². The van der Waals surface area contributed by atoms with Gasteiger partial charge in [-0.15, -0.1) is 0 Å². The van der Waals surface area contributed by atoms with Crippen molar-refractivity contribution in [3.8, 4) is 0 Å². The van der Waals surface area contributed by atoms with Gasteiger partial charge >= 0.3 is 0 Å². The van der Waals surface area contributed by atoms with Gasteiger partial charge in [0, 0.05) is 26.1 Å². The predicted molar refractivity (Wildman–Crippen MR) is 140 cm³/mol. The normalized spacial score (nSPS) is 12.2. The second kappa shape index (κ2) is 26.0. The maximum Gasteiger partial charge on any atom is 0.222 e. The third-order valence-electron chi connectivity index (χ3n) is 6.35. The summed E-state index contributed by atoms with van der Waals surface area (Å²) < 4.78 is 5.60. The summed E-state index contributed by atoms with van der Waals surface area (Å²) >= 11 is 0. The lowest BCUT2D eigenvalue weighted by atomic mass is 10.0. The van der Waals surface area contributed by atoms with E-state index in [0.717, 1.165) is 19.3 Å². The van der Waals surface area contributed by atoms with E-state index in [4.69, 9.17) is 9.84 Å². The van der Waals surface area contributed by atoms with Crippen molar-refractivity contribution >= 4 is 5.91 Å². The average Bonchev–Trinajstić information content (AvgIpc) is 2.81. The number of carbonyl (C=O) groups excluding carboxylic acids is 1. The highest BCUT2D eigenvalue weighted by Gasteiger charge is 2.16. The first-order valence-corrected chi connectivity index (χ1v) is 14.3. The van der Waals surface area contributed by atoms with Crippen LogP contribution in [0.5, 0.6) is 0 Å². The number of aliphatic hydroxyl groups is 2. The molecule has 0 bridgehead atoms. The molecule has 0 aromatic heterocycles. The Labute approximate surface area is 205 Å². The monoisotopic (exact) mass is 471 g/mol. The zero-order valence-electron chi connectivity index (χ0n) is 22.2. The fourth-order valence-corrected chi connectivity index (χ4v) is 4.20. The third kappa shape index (κ3) is 22.9. The summed E-state index contributed by atoms with van der Waals surface area (Å²) in [6, 6.07) is 0. The minimum Gasteiger partial charge on any atom is -0.395 e. The largest absolute Gasteiger partial charge is 0.395 e. The van der Waals surface area contributed by atoms with Gasteiger partial charge in [0.1, 0.15) is 0 Å². The van der Waals surface area contributed by atoms with Crippen LogP contribution in [0.15, 0.2) is 0 Å². The highest BCUT2D eigenvalue weighted by atomic mass is 16.5. The minimum absolute atomic E-state index is 0.00255. The molecule has 0 saturated heterocycles. The van der Waals surface area contributed by atoms with Crippen molar-refractivity contribution in [1.29, 1.82) is 0 Å². The van der Waals surface area contributed by atoms with Crippen LogP contribution in [0.25, 0.3) is 0 Å². The number of rotatable bonds is 26. The van der Waals surface area contributed by atoms with E-state index >= 15 is 0 Å². The van der Waals surface area contributed by atoms with Gasteiger partial charge in [0.2, 0.25) is 5.91 Å². The average molecular weight is 472 g/mol. The molecular weight excluding hydrogens is 414 g/mol. The van der Waals surface area contributed by atoms with Gasteiger partial charge < -0.3 is 19.8 Å². The number of amides is 1. The lowest BCUT2D eigenvalue weighted by Gasteiger charge is -2.24. The molecule has 0 fully saturated rings. The molecule has 0 aromatic rings. The van der Waals surface area contributed by atoms with Crippen molar-refractivity contribution in [1.82, 2.24) is 4.90 Å². The van der Waals surface area contributed by atoms with Crippen LogP contribution in [0.4, 0.5) is 0 Å². The van der Waals surface area contributed by atoms with Gasteiger partial charge in [-0.05, 0) is 12.8 Å². The van der Waals surface area contributed by atoms with Crippen molar-refractivity contribution in [2.24, 2.45) is 0 Å². The van der Waals surface area contributed by atoms with E-state index in [9.17, 15) is 9.90 Å². The lowest BCUT2D eigenvalue weighted by Crippen LogP contribution is -2.40. The third-order valence-corrected chi connectivity index (χ3v) is 6.35. The molecule has 1 amide bonds. The number of ether oxygens (including phenoxy) is 1. The molecule has 0 heterocycles. The summed E-state index contributed by atoms with van der Waals surface area (Å²) in [7, 11) is 0. The van der Waals surface area contributed by atoms with Gasteiger partial charge in [-0.2, -0.15) is 0 Å². The Hall–Kier alpha value is -0.650. The van der Waals surface area contributed by atoms with Crippen LogP contribution in [0.1, 0.15) is 136 Å². The first-order chi connectivity index (χ1) is 16.2. The molecule has 5 heteroatoms. The van der Waals surface area contributed by atoms with E-state index in [1.807, 2.05) is 6.92 Å². The fourth-order valence-electron chi connectivity index (χ4n) is 4.20. The van der Waals surface area contributed by atoms with E-state index < -0.39 is 6.10 Å². The maximum atomic E-state index is 12.1. The molecular formula is C28H57NO4. The van der Waals surface area contributed by atoms with Gasteiger partial charge in [-0.3, -0.25) is 4.79 Å². The Morgan fingerprint density at radius 1 is 0.727 bits per heavy atom. The minimum atomic E-state index is -0.691. The van der Waals surface area contributed by atoms with Crippen LogP contribution >= 0.6 is 0 Å². The Morgan fingerprint density at radius 3 is 1.64 bits per heavy atom. The summed E-state index contributed by atoms with van der Waals surface area (Å²) in [5, 5.41) is 19.3. The zero-order valence-corrected chi connectivity index (χ0v) is 22.2. The van der Waals surface area contributed by atoms with Gasteiger partial charge in [0.05, 0.1) is 19.3 Å². The molecule has 0 spiro atoms. The number of nitrogens with zero attached hydrogens (tertiary/aromatic N) is 1. The first-order valence-electron chi connectivity index (χ1n) is 14.3. The molecule has 2 N–H and O–H groups in total. The van der Waals surface area contributed by atoms with Crippen molar-refractivity contribution in [3.63, 3.8) is 0 Å². The van der Waals surface area contributed by atoms with E-state index in [1.54, 1.807) is 4.90 Å². The highest BCUT2D eigenvalue weighted by Crippen LogP contribution is 2.13. The number of hydrogen-bond acceptors (Lipinski definition) is 4. The highest BCUT2D eigenvalue weighted by molar-refractivity contribution is 5.76. The molecule has 33 heavy (non-hydrogen) atoms. The molecule has 0 radical (unpaired) electrons. The standard InChI is InChI=1S/C28H57NO4/c1-3-5-7-8-9-10-11-12-13-14-15-16-17-18-19-20-24-33-26-27(31)25-29(22-23-30)28(32)21-6-4-2/h27,30-31H,3-26H2,1-2H3. The molecule has 1 unspecified atom stereocenters. The van der Waals surface area contributed by atoms with Crippen LogP contribution in [-0.4, -0.2) is 60.0 Å². The second-order valence-electron chi connectivity index (χ2n) is 9.70. The van der Waals surface area contributed by atoms with Gasteiger partial charge in [-0.25, -0.2) is 0 Å². The van der Waals surface area contributed by atoms with Crippen LogP contribution < -0.4 is 0 Å². The molecule has 0 aromatic carbocycles. The van der Waals surface area contributed by atoms with E-state index in [2.05, 4.69) is 6.92 Å². The first kappa shape index (κ1) is 32.4. The molecule has 5 nitrogen and oxygen atoms in total. The Kier molecular flexibility index (Phi) is 25.5. The zero-order chi connectivity index (χ0) is 24.4. The molecule has 0 aliphatic heterocycles. The summed E-state index contributed by atoms with van der Waals surface area (Å²) in [5.74, 6) is 0.00255. The van der Waals surface area contributed by atoms with Crippen LogP contribution in [-0.2, 0) is 9.53 Å². The van der Waals surface area contributed by atoms with Crippen LogP contribution in [0.3, 0.4) is 0 Å². The molecule has 0 rings (SSSR count). The van der Waals surface area contributed by atoms with Gasteiger partial charge in [0.15, 0.2) is 0 Å². The van der Waals surface area contributed by atoms with Crippen molar-refractivity contribution in [2.75, 3.05) is 32.9 Å². The van der Waals surface area contributed by atoms with Gasteiger partial charge in [-0.1, -0.05) is 117 Å².